The quantitative estimate of drug-likeness (QED) is 0.819. The van der Waals surface area contributed by atoms with Gasteiger partial charge >= 0.3 is 0 Å². The molecule has 0 spiro atoms. The number of aryl methyl sites for hydroxylation is 1. The van der Waals surface area contributed by atoms with E-state index in [0.717, 1.165) is 36.9 Å². The van der Waals surface area contributed by atoms with E-state index in [0.29, 0.717) is 6.42 Å². The van der Waals surface area contributed by atoms with Crippen molar-refractivity contribution in [2.24, 2.45) is 11.8 Å². The molecule has 1 aliphatic rings. The molecule has 0 radical (unpaired) electrons. The van der Waals surface area contributed by atoms with Crippen LogP contribution in [0.2, 0.25) is 0 Å². The van der Waals surface area contributed by atoms with Crippen molar-refractivity contribution in [3.05, 3.63) is 35.4 Å². The third kappa shape index (κ3) is 5.45. The highest BCUT2D eigenvalue weighted by molar-refractivity contribution is 5.78. The molecule has 1 aromatic carbocycles. The Hall–Kier alpha value is -1.35. The maximum atomic E-state index is 12.0. The number of nitrogens with zero attached hydrogens (tertiary/aromatic N) is 1. The van der Waals surface area contributed by atoms with Crippen molar-refractivity contribution in [3.8, 4) is 0 Å². The van der Waals surface area contributed by atoms with Gasteiger partial charge in [0.2, 0.25) is 5.91 Å². The first-order valence-corrected chi connectivity index (χ1v) is 8.58. The second kappa shape index (κ2) is 8.33. The van der Waals surface area contributed by atoms with Crippen molar-refractivity contribution in [2.75, 3.05) is 26.2 Å². The van der Waals surface area contributed by atoms with Crippen molar-refractivity contribution in [3.63, 3.8) is 0 Å². The number of nitrogens with one attached hydrogen (secondary N) is 1. The highest BCUT2D eigenvalue weighted by Gasteiger charge is 2.20. The summed E-state index contributed by atoms with van der Waals surface area (Å²) >= 11 is 0. The molecule has 2 rings (SSSR count). The fraction of sp³-hybridized carbons (Fsp3) is 0.632. The minimum atomic E-state index is 0.134. The number of amides is 1. The van der Waals surface area contributed by atoms with E-state index in [1.165, 1.54) is 25.1 Å². The van der Waals surface area contributed by atoms with Crippen LogP contribution < -0.4 is 5.32 Å². The Morgan fingerprint density at radius 2 is 1.91 bits per heavy atom. The summed E-state index contributed by atoms with van der Waals surface area (Å²) in [5.41, 5.74) is 2.31. The number of carbonyl (C=O) groups excluding carboxylic acids is 1. The summed E-state index contributed by atoms with van der Waals surface area (Å²) in [5.74, 6) is 1.74. The minimum absolute atomic E-state index is 0.134. The number of carbonyl (C=O) groups is 1. The molecule has 0 saturated carbocycles. The SMILES string of the molecule is Cc1ccccc1CC(=O)NCCCN1C[C@H](C)C[C@@H](C)C1. The first-order valence-electron chi connectivity index (χ1n) is 8.58. The molecule has 122 valence electrons. The van der Waals surface area contributed by atoms with Gasteiger partial charge in [-0.15, -0.1) is 0 Å². The smallest absolute Gasteiger partial charge is 0.224 e. The number of benzene rings is 1. The van der Waals surface area contributed by atoms with E-state index < -0.39 is 0 Å². The molecular formula is C19H30N2O. The standard InChI is InChI=1S/C19H30N2O/c1-15-11-16(2)14-21(13-15)10-6-9-20-19(22)12-18-8-5-4-7-17(18)3/h4-5,7-8,15-16H,6,9-14H2,1-3H3,(H,20,22)/t15-,16-/m1/s1. The number of rotatable bonds is 6. The van der Waals surface area contributed by atoms with Gasteiger partial charge in [0.05, 0.1) is 6.42 Å². The van der Waals surface area contributed by atoms with Crippen LogP contribution in [0.4, 0.5) is 0 Å². The molecule has 3 nitrogen and oxygen atoms in total. The Balaban J connectivity index is 1.64. The summed E-state index contributed by atoms with van der Waals surface area (Å²) < 4.78 is 0. The van der Waals surface area contributed by atoms with E-state index in [2.05, 4.69) is 37.1 Å². The molecule has 1 saturated heterocycles. The molecule has 0 bridgehead atoms. The lowest BCUT2D eigenvalue weighted by molar-refractivity contribution is -0.120. The fourth-order valence-electron chi connectivity index (χ4n) is 3.55. The van der Waals surface area contributed by atoms with E-state index in [1.807, 2.05) is 18.2 Å². The van der Waals surface area contributed by atoms with E-state index >= 15 is 0 Å². The van der Waals surface area contributed by atoms with Crippen molar-refractivity contribution in [2.45, 2.75) is 40.0 Å². The van der Waals surface area contributed by atoms with Crippen molar-refractivity contribution < 1.29 is 4.79 Å². The first kappa shape index (κ1) is 17.0. The van der Waals surface area contributed by atoms with Crippen LogP contribution in [0.5, 0.6) is 0 Å². The second-order valence-corrected chi connectivity index (χ2v) is 7.01. The van der Waals surface area contributed by atoms with Gasteiger partial charge in [0, 0.05) is 19.6 Å². The van der Waals surface area contributed by atoms with Crippen LogP contribution in [-0.4, -0.2) is 37.0 Å². The Labute approximate surface area is 135 Å². The zero-order valence-corrected chi connectivity index (χ0v) is 14.3. The van der Waals surface area contributed by atoms with Crippen LogP contribution in [0.3, 0.4) is 0 Å². The Morgan fingerprint density at radius 1 is 1.23 bits per heavy atom. The topological polar surface area (TPSA) is 32.3 Å². The maximum absolute atomic E-state index is 12.0. The number of piperidine rings is 1. The van der Waals surface area contributed by atoms with Crippen LogP contribution in [-0.2, 0) is 11.2 Å². The van der Waals surface area contributed by atoms with E-state index in [9.17, 15) is 4.79 Å². The Kier molecular flexibility index (Phi) is 6.44. The van der Waals surface area contributed by atoms with Crippen molar-refractivity contribution in [1.29, 1.82) is 0 Å². The predicted octanol–water partition coefficient (Wildman–Crippen LogP) is 3.02. The van der Waals surface area contributed by atoms with Gasteiger partial charge in [0.15, 0.2) is 0 Å². The van der Waals surface area contributed by atoms with Gasteiger partial charge in [0.25, 0.3) is 0 Å². The van der Waals surface area contributed by atoms with E-state index in [-0.39, 0.29) is 5.91 Å². The van der Waals surface area contributed by atoms with Gasteiger partial charge in [-0.2, -0.15) is 0 Å². The average molecular weight is 302 g/mol. The van der Waals surface area contributed by atoms with Gasteiger partial charge in [-0.1, -0.05) is 38.1 Å². The lowest BCUT2D eigenvalue weighted by atomic mass is 9.92. The fourth-order valence-corrected chi connectivity index (χ4v) is 3.55. The normalized spacial score (nSPS) is 22.5. The molecule has 0 aliphatic carbocycles. The third-order valence-electron chi connectivity index (χ3n) is 4.53. The summed E-state index contributed by atoms with van der Waals surface area (Å²) in [4.78, 5) is 14.5. The van der Waals surface area contributed by atoms with Crippen LogP contribution in [0.1, 0.15) is 37.8 Å². The molecule has 1 heterocycles. The summed E-state index contributed by atoms with van der Waals surface area (Å²) in [6.45, 7) is 11.0. The van der Waals surface area contributed by atoms with E-state index in [1.54, 1.807) is 0 Å². The Morgan fingerprint density at radius 3 is 2.59 bits per heavy atom. The molecular weight excluding hydrogens is 272 g/mol. The highest BCUT2D eigenvalue weighted by Crippen LogP contribution is 2.20. The summed E-state index contributed by atoms with van der Waals surface area (Å²) in [6.07, 6.45) is 2.88. The summed E-state index contributed by atoms with van der Waals surface area (Å²) in [6, 6.07) is 8.10. The van der Waals surface area contributed by atoms with E-state index in [4.69, 9.17) is 0 Å². The zero-order valence-electron chi connectivity index (χ0n) is 14.3. The zero-order chi connectivity index (χ0) is 15.9. The number of hydrogen-bond donors (Lipinski definition) is 1. The molecule has 0 aromatic heterocycles. The molecule has 0 unspecified atom stereocenters. The van der Waals surface area contributed by atoms with Gasteiger partial charge < -0.3 is 10.2 Å². The summed E-state index contributed by atoms with van der Waals surface area (Å²) in [7, 11) is 0. The van der Waals surface area contributed by atoms with Gasteiger partial charge in [-0.25, -0.2) is 0 Å². The molecule has 2 atom stereocenters. The minimum Gasteiger partial charge on any atom is -0.356 e. The van der Waals surface area contributed by atoms with Crippen LogP contribution in [0.15, 0.2) is 24.3 Å². The largest absolute Gasteiger partial charge is 0.356 e. The van der Waals surface area contributed by atoms with Crippen LogP contribution in [0.25, 0.3) is 0 Å². The highest BCUT2D eigenvalue weighted by atomic mass is 16.1. The summed E-state index contributed by atoms with van der Waals surface area (Å²) in [5, 5.41) is 3.05. The van der Waals surface area contributed by atoms with Crippen LogP contribution in [0, 0.1) is 18.8 Å². The number of likely N-dealkylation sites (tertiary alicyclic amines) is 1. The lowest BCUT2D eigenvalue weighted by Crippen LogP contribution is -2.40. The Bertz CT molecular complexity index is 476. The molecule has 1 aromatic rings. The molecule has 3 heteroatoms. The molecule has 1 N–H and O–H groups in total. The van der Waals surface area contributed by atoms with Crippen molar-refractivity contribution in [1.82, 2.24) is 10.2 Å². The predicted molar refractivity (Wildman–Crippen MR) is 91.9 cm³/mol. The monoisotopic (exact) mass is 302 g/mol. The molecule has 1 aliphatic heterocycles. The molecule has 22 heavy (non-hydrogen) atoms. The van der Waals surface area contributed by atoms with Crippen LogP contribution >= 0.6 is 0 Å². The molecule has 1 fully saturated rings. The maximum Gasteiger partial charge on any atom is 0.224 e. The number of hydrogen-bond acceptors (Lipinski definition) is 2. The van der Waals surface area contributed by atoms with Gasteiger partial charge in [-0.3, -0.25) is 4.79 Å². The third-order valence-corrected chi connectivity index (χ3v) is 4.53. The first-order chi connectivity index (χ1) is 10.5. The van der Waals surface area contributed by atoms with Crippen molar-refractivity contribution >= 4 is 5.91 Å². The van der Waals surface area contributed by atoms with Gasteiger partial charge in [-0.05, 0) is 49.3 Å². The second-order valence-electron chi connectivity index (χ2n) is 7.01. The average Bonchev–Trinajstić information content (AvgIpc) is 2.45. The lowest BCUT2D eigenvalue weighted by Gasteiger charge is -2.34. The molecule has 1 amide bonds. The van der Waals surface area contributed by atoms with Gasteiger partial charge in [0.1, 0.15) is 0 Å².